The molecule has 0 saturated carbocycles. The molecule has 1 N–H and O–H groups in total. The monoisotopic (exact) mass is 256 g/mol. The predicted octanol–water partition coefficient (Wildman–Crippen LogP) is 2.98. The van der Waals surface area contributed by atoms with E-state index in [0.29, 0.717) is 5.52 Å². The zero-order chi connectivity index (χ0) is 13.5. The van der Waals surface area contributed by atoms with Crippen molar-refractivity contribution in [3.63, 3.8) is 0 Å². The number of aromatic amines is 1. The van der Waals surface area contributed by atoms with Crippen LogP contribution in [0, 0.1) is 0 Å². The minimum absolute atomic E-state index is 0.281. The van der Waals surface area contributed by atoms with E-state index < -0.39 is 12.0 Å². The van der Waals surface area contributed by atoms with Gasteiger partial charge in [-0.2, -0.15) is 13.2 Å². The van der Waals surface area contributed by atoms with E-state index >= 15 is 0 Å². The number of carbonyl (C=O) groups excluding carboxylic acids is 1. The Kier molecular flexibility index (Phi) is 2.80. The third-order valence-electron chi connectivity index (χ3n) is 2.68. The molecule has 2 aromatic rings. The topological polar surface area (TPSA) is 36.1 Å². The van der Waals surface area contributed by atoms with Crippen molar-refractivity contribution in [2.24, 2.45) is 0 Å². The van der Waals surface area contributed by atoms with Gasteiger partial charge in [-0.1, -0.05) is 0 Å². The number of hydrogen-bond donors (Lipinski definition) is 1. The number of Topliss-reactive ketones (excluding diaryl/α,β-unsaturated/α-hetero) is 1. The maximum Gasteiger partial charge on any atom is 0.454 e. The largest absolute Gasteiger partial charge is 0.454 e. The summed E-state index contributed by atoms with van der Waals surface area (Å²) in [6.45, 7) is 0. The summed E-state index contributed by atoms with van der Waals surface area (Å²) in [6, 6.07) is 4.98. The van der Waals surface area contributed by atoms with Crippen LogP contribution in [0.1, 0.15) is 10.4 Å². The molecule has 0 atom stereocenters. The average Bonchev–Trinajstić information content (AvgIpc) is 2.68. The lowest BCUT2D eigenvalue weighted by molar-refractivity contribution is -0.0884. The van der Waals surface area contributed by atoms with E-state index in [-0.39, 0.29) is 10.9 Å². The number of alkyl halides is 3. The Morgan fingerprint density at radius 3 is 2.50 bits per heavy atom. The summed E-state index contributed by atoms with van der Waals surface area (Å²) in [7, 11) is 3.55. The number of nitrogens with one attached hydrogen (secondary N) is 1. The van der Waals surface area contributed by atoms with E-state index in [1.165, 1.54) is 0 Å². The van der Waals surface area contributed by atoms with Gasteiger partial charge in [0.15, 0.2) is 0 Å². The fourth-order valence-corrected chi connectivity index (χ4v) is 1.73. The van der Waals surface area contributed by atoms with E-state index in [1.54, 1.807) is 37.2 Å². The first-order chi connectivity index (χ1) is 8.30. The molecule has 0 aliphatic carbocycles. The fraction of sp³-hybridized carbons (Fsp3) is 0.250. The van der Waals surface area contributed by atoms with Gasteiger partial charge < -0.3 is 9.88 Å². The van der Waals surface area contributed by atoms with Gasteiger partial charge in [0.2, 0.25) is 0 Å². The highest BCUT2D eigenvalue weighted by molar-refractivity contribution is 6.11. The van der Waals surface area contributed by atoms with Gasteiger partial charge in [0.1, 0.15) is 0 Å². The number of nitrogens with zero attached hydrogens (tertiary/aromatic N) is 1. The van der Waals surface area contributed by atoms with Crippen LogP contribution in [0.2, 0.25) is 0 Å². The highest BCUT2D eigenvalue weighted by atomic mass is 19.4. The molecule has 96 valence electrons. The number of anilines is 1. The van der Waals surface area contributed by atoms with Gasteiger partial charge in [0.25, 0.3) is 5.78 Å². The molecule has 2 rings (SSSR count). The van der Waals surface area contributed by atoms with Crippen molar-refractivity contribution in [2.45, 2.75) is 6.18 Å². The molecule has 1 aromatic heterocycles. The van der Waals surface area contributed by atoms with Crippen LogP contribution in [0.25, 0.3) is 10.9 Å². The van der Waals surface area contributed by atoms with Gasteiger partial charge in [-0.15, -0.1) is 0 Å². The van der Waals surface area contributed by atoms with Gasteiger partial charge in [-0.3, -0.25) is 4.79 Å². The number of H-pyrrole nitrogens is 1. The second kappa shape index (κ2) is 4.04. The number of hydrogen-bond acceptors (Lipinski definition) is 2. The summed E-state index contributed by atoms with van der Waals surface area (Å²) in [5, 5.41) is 0.281. The molecule has 1 aromatic carbocycles. The van der Waals surface area contributed by atoms with Crippen LogP contribution in [-0.2, 0) is 0 Å². The molecule has 0 aliphatic heterocycles. The average molecular weight is 256 g/mol. The van der Waals surface area contributed by atoms with Crippen molar-refractivity contribution >= 4 is 22.4 Å². The van der Waals surface area contributed by atoms with E-state index in [0.717, 1.165) is 11.9 Å². The van der Waals surface area contributed by atoms with Gasteiger partial charge in [0.05, 0.1) is 5.56 Å². The number of fused-ring (bicyclic) bond motifs is 1. The van der Waals surface area contributed by atoms with Crippen LogP contribution < -0.4 is 4.90 Å². The first kappa shape index (κ1) is 12.5. The van der Waals surface area contributed by atoms with Gasteiger partial charge in [-0.05, 0) is 18.2 Å². The smallest absolute Gasteiger partial charge is 0.378 e. The van der Waals surface area contributed by atoms with Crippen LogP contribution in [0.5, 0.6) is 0 Å². The lowest BCUT2D eigenvalue weighted by Gasteiger charge is -2.12. The number of halogens is 3. The summed E-state index contributed by atoms with van der Waals surface area (Å²) < 4.78 is 37.3. The minimum Gasteiger partial charge on any atom is -0.378 e. The maximum atomic E-state index is 12.4. The molecular formula is C12H11F3N2O. The Hall–Kier alpha value is -1.98. The van der Waals surface area contributed by atoms with Gasteiger partial charge in [0, 0.05) is 36.9 Å². The van der Waals surface area contributed by atoms with Crippen molar-refractivity contribution in [1.29, 1.82) is 0 Å². The summed E-state index contributed by atoms with van der Waals surface area (Å²) in [5.41, 5.74) is 0.896. The Morgan fingerprint density at radius 2 is 1.94 bits per heavy atom. The zero-order valence-corrected chi connectivity index (χ0v) is 9.80. The summed E-state index contributed by atoms with van der Waals surface area (Å²) in [5.74, 6) is -1.83. The summed E-state index contributed by atoms with van der Waals surface area (Å²) >= 11 is 0. The summed E-state index contributed by atoms with van der Waals surface area (Å²) in [4.78, 5) is 15.7. The highest BCUT2D eigenvalue weighted by Gasteiger charge is 2.40. The molecule has 6 heteroatoms. The first-order valence-electron chi connectivity index (χ1n) is 5.20. The second-order valence-corrected chi connectivity index (χ2v) is 4.15. The summed E-state index contributed by atoms with van der Waals surface area (Å²) in [6.07, 6.45) is -3.76. The van der Waals surface area contributed by atoms with E-state index in [1.807, 2.05) is 0 Å². The Morgan fingerprint density at radius 1 is 1.28 bits per heavy atom. The molecule has 1 heterocycles. The molecule has 0 spiro atoms. The molecular weight excluding hydrogens is 245 g/mol. The lowest BCUT2D eigenvalue weighted by Crippen LogP contribution is -2.22. The molecule has 18 heavy (non-hydrogen) atoms. The third kappa shape index (κ3) is 2.05. The lowest BCUT2D eigenvalue weighted by atomic mass is 10.1. The molecule has 0 fully saturated rings. The number of rotatable bonds is 2. The molecule has 0 saturated heterocycles. The van der Waals surface area contributed by atoms with Crippen LogP contribution in [0.15, 0.2) is 24.4 Å². The predicted molar refractivity (Wildman–Crippen MR) is 63.0 cm³/mol. The molecule has 0 aliphatic rings. The van der Waals surface area contributed by atoms with E-state index in [4.69, 9.17) is 0 Å². The standard InChI is InChI=1S/C12H11F3N2O/c1-17(2)7-3-4-10-8(5-7)9(6-16-10)11(18)12(13,14)15/h3-6,16H,1-2H3. The second-order valence-electron chi connectivity index (χ2n) is 4.15. The van der Waals surface area contributed by atoms with Crippen LogP contribution in [0.4, 0.5) is 18.9 Å². The number of aromatic nitrogens is 1. The minimum atomic E-state index is -4.86. The maximum absolute atomic E-state index is 12.4. The molecule has 0 unspecified atom stereocenters. The normalized spacial score (nSPS) is 11.8. The third-order valence-corrected chi connectivity index (χ3v) is 2.68. The van der Waals surface area contributed by atoms with E-state index in [9.17, 15) is 18.0 Å². The fourth-order valence-electron chi connectivity index (χ4n) is 1.73. The highest BCUT2D eigenvalue weighted by Crippen LogP contribution is 2.29. The first-order valence-corrected chi connectivity index (χ1v) is 5.20. The molecule has 0 amide bonds. The van der Waals surface area contributed by atoms with Crippen molar-refractivity contribution in [3.8, 4) is 0 Å². The van der Waals surface area contributed by atoms with Gasteiger partial charge >= 0.3 is 6.18 Å². The Bertz CT molecular complexity index is 599. The molecule has 0 radical (unpaired) electrons. The number of ketones is 1. The van der Waals surface area contributed by atoms with Crippen LogP contribution in [-0.4, -0.2) is 31.0 Å². The SMILES string of the molecule is CN(C)c1ccc2[nH]cc(C(=O)C(F)(F)F)c2c1. The van der Waals surface area contributed by atoms with Crippen LogP contribution in [0.3, 0.4) is 0 Å². The zero-order valence-electron chi connectivity index (χ0n) is 9.80. The van der Waals surface area contributed by atoms with Crippen molar-refractivity contribution < 1.29 is 18.0 Å². The molecule has 0 bridgehead atoms. The quantitative estimate of drug-likeness (QED) is 0.838. The van der Waals surface area contributed by atoms with Crippen LogP contribution >= 0.6 is 0 Å². The van der Waals surface area contributed by atoms with Gasteiger partial charge in [-0.25, -0.2) is 0 Å². The Balaban J connectivity index is 2.59. The van der Waals surface area contributed by atoms with Crippen molar-refractivity contribution in [2.75, 3.05) is 19.0 Å². The number of carbonyl (C=O) groups is 1. The van der Waals surface area contributed by atoms with E-state index in [2.05, 4.69) is 4.98 Å². The van der Waals surface area contributed by atoms with Crippen molar-refractivity contribution in [3.05, 3.63) is 30.0 Å². The number of benzene rings is 1. The Labute approximate surface area is 101 Å². The molecule has 3 nitrogen and oxygen atoms in total. The van der Waals surface area contributed by atoms with Crippen molar-refractivity contribution in [1.82, 2.24) is 4.98 Å².